The van der Waals surface area contributed by atoms with Crippen molar-refractivity contribution in [2.75, 3.05) is 24.7 Å². The first-order valence-corrected chi connectivity index (χ1v) is 12.1. The molecule has 3 aromatic rings. The number of nitrogens with one attached hydrogen (secondary N) is 1. The number of aromatic nitrogens is 2. The molecule has 12 heteroatoms. The van der Waals surface area contributed by atoms with Crippen molar-refractivity contribution in [2.24, 2.45) is 0 Å². The Morgan fingerprint density at radius 1 is 1.33 bits per heavy atom. The maximum atomic E-state index is 15.1. The Hall–Kier alpha value is -2.73. The highest BCUT2D eigenvalue weighted by Gasteiger charge is 2.53. The molecule has 2 N–H and O–H groups in total. The van der Waals surface area contributed by atoms with Gasteiger partial charge in [0, 0.05) is 23.0 Å². The molecule has 3 heterocycles. The van der Waals surface area contributed by atoms with Crippen LogP contribution in [0.25, 0.3) is 5.69 Å². The quantitative estimate of drug-likeness (QED) is 0.537. The van der Waals surface area contributed by atoms with Crippen LogP contribution in [0.2, 0.25) is 5.02 Å². The standard InChI is InChI=1S/C21H20ClFN4O5S/c1-11-3-5-14(23)17-12(2)19(20-27(18(11)17)24-21(29)32-20)26-10-25(7-8-28)15-9-13(22)4-6-16(15)33(26,30)31/h3-6,9,12,19,28H,7-8,10H2,1-2H3/p+1/t12-,19+/m1/s1. The highest BCUT2D eigenvalue weighted by molar-refractivity contribution is 7.89. The lowest BCUT2D eigenvalue weighted by atomic mass is 9.87. The van der Waals surface area contributed by atoms with E-state index in [1.54, 1.807) is 24.8 Å². The van der Waals surface area contributed by atoms with Crippen LogP contribution in [-0.4, -0.2) is 42.7 Å². The molecule has 0 spiro atoms. The summed E-state index contributed by atoms with van der Waals surface area (Å²) < 4.78 is 50.5. The van der Waals surface area contributed by atoms with Crippen molar-refractivity contribution in [1.82, 2.24) is 9.40 Å². The van der Waals surface area contributed by atoms with Crippen LogP contribution >= 0.6 is 11.6 Å². The third kappa shape index (κ3) is 3.22. The zero-order valence-electron chi connectivity index (χ0n) is 17.7. The first kappa shape index (κ1) is 22.1. The molecule has 9 nitrogen and oxygen atoms in total. The van der Waals surface area contributed by atoms with E-state index in [0.29, 0.717) is 22.0 Å². The molecular weight excluding hydrogens is 475 g/mol. The number of H-pyrrole nitrogens is 1. The summed E-state index contributed by atoms with van der Waals surface area (Å²) in [5.74, 6) is -1.92. The van der Waals surface area contributed by atoms with E-state index in [-0.39, 0.29) is 36.2 Å². The second-order valence-electron chi connectivity index (χ2n) is 8.17. The van der Waals surface area contributed by atoms with Crippen molar-refractivity contribution in [3.05, 3.63) is 68.7 Å². The predicted molar refractivity (Wildman–Crippen MR) is 116 cm³/mol. The second kappa shape index (κ2) is 7.66. The van der Waals surface area contributed by atoms with Gasteiger partial charge in [-0.1, -0.05) is 23.6 Å². The Labute approximate surface area is 193 Å². The third-order valence-corrected chi connectivity index (χ3v) is 8.33. The molecular formula is C21H21ClFN4O5S+. The van der Waals surface area contributed by atoms with E-state index in [2.05, 4.69) is 5.10 Å². The van der Waals surface area contributed by atoms with Gasteiger partial charge in [-0.25, -0.2) is 17.6 Å². The van der Waals surface area contributed by atoms with E-state index >= 15 is 4.39 Å². The number of sulfonamides is 1. The third-order valence-electron chi connectivity index (χ3n) is 6.23. The number of aliphatic hydroxyl groups is 1. The molecule has 0 unspecified atom stereocenters. The highest BCUT2D eigenvalue weighted by atomic mass is 35.5. The number of β-amino-alcohol motifs (C(OH)–C–C–N with tert-alkyl or cyclic N) is 1. The van der Waals surface area contributed by atoms with Crippen molar-refractivity contribution < 1.29 is 27.0 Å². The van der Waals surface area contributed by atoms with Gasteiger partial charge in [0.05, 0.1) is 24.5 Å². The molecule has 2 aromatic carbocycles. The number of aryl methyl sites for hydroxylation is 1. The highest BCUT2D eigenvalue weighted by Crippen LogP contribution is 2.46. The zero-order chi connectivity index (χ0) is 23.7. The van der Waals surface area contributed by atoms with Crippen LogP contribution in [-0.2, 0) is 10.0 Å². The number of benzene rings is 2. The number of hydrogen-bond donors (Lipinski definition) is 2. The molecule has 0 saturated carbocycles. The van der Waals surface area contributed by atoms with E-state index in [4.69, 9.17) is 16.0 Å². The molecule has 0 bridgehead atoms. The first-order valence-electron chi connectivity index (χ1n) is 10.3. The molecule has 2 atom stereocenters. The predicted octanol–water partition coefficient (Wildman–Crippen LogP) is 1.96. The smallest absolute Gasteiger partial charge is 0.395 e. The maximum Gasteiger partial charge on any atom is 0.470 e. The fourth-order valence-electron chi connectivity index (χ4n) is 4.79. The molecule has 174 valence electrons. The van der Waals surface area contributed by atoms with Crippen molar-refractivity contribution in [3.63, 3.8) is 0 Å². The molecule has 2 aliphatic rings. The van der Waals surface area contributed by atoms with Gasteiger partial charge in [0.15, 0.2) is 6.04 Å². The summed E-state index contributed by atoms with van der Waals surface area (Å²) >= 11 is 6.11. The number of nitrogens with zero attached hydrogens (tertiary/aromatic N) is 3. The van der Waals surface area contributed by atoms with Crippen LogP contribution in [0, 0.1) is 12.7 Å². The maximum absolute atomic E-state index is 15.1. The topological polar surface area (TPSA) is 111 Å². The summed E-state index contributed by atoms with van der Waals surface area (Å²) in [5, 5.41) is 12.5. The Balaban J connectivity index is 1.74. The summed E-state index contributed by atoms with van der Waals surface area (Å²) in [6.45, 7) is 3.24. The monoisotopic (exact) mass is 495 g/mol. The van der Waals surface area contributed by atoms with Crippen LogP contribution in [0.1, 0.15) is 35.9 Å². The Bertz CT molecular complexity index is 1440. The van der Waals surface area contributed by atoms with Crippen LogP contribution in [0.4, 0.5) is 10.1 Å². The minimum atomic E-state index is -4.10. The number of aromatic amines is 1. The van der Waals surface area contributed by atoms with Gasteiger partial charge in [0.1, 0.15) is 10.7 Å². The minimum Gasteiger partial charge on any atom is -0.395 e. The number of aliphatic hydroxyl groups excluding tert-OH is 1. The van der Waals surface area contributed by atoms with Crippen LogP contribution < -0.4 is 15.3 Å². The molecule has 0 fully saturated rings. The number of halogens is 2. The average molecular weight is 496 g/mol. The van der Waals surface area contributed by atoms with Crippen LogP contribution in [0.5, 0.6) is 0 Å². The zero-order valence-corrected chi connectivity index (χ0v) is 19.3. The lowest BCUT2D eigenvalue weighted by Crippen LogP contribution is -2.55. The van der Waals surface area contributed by atoms with Gasteiger partial charge >= 0.3 is 11.6 Å². The van der Waals surface area contributed by atoms with E-state index in [1.165, 1.54) is 33.3 Å². The molecule has 0 radical (unpaired) electrons. The fourth-order valence-corrected chi connectivity index (χ4v) is 6.76. The summed E-state index contributed by atoms with van der Waals surface area (Å²) in [6.07, 6.45) is 0. The molecule has 5 rings (SSSR count). The van der Waals surface area contributed by atoms with Gasteiger partial charge in [-0.2, -0.15) is 4.31 Å². The van der Waals surface area contributed by atoms with E-state index in [9.17, 15) is 18.3 Å². The summed E-state index contributed by atoms with van der Waals surface area (Å²) in [4.78, 5) is 13.9. The SMILES string of the molecule is Cc1ccc(F)c2c1-[n+]1[nH]c(=O)oc1[C@@H](N1CN(CCO)c3cc(Cl)ccc3S1(=O)=O)[C@@H]2C. The van der Waals surface area contributed by atoms with Crippen LogP contribution in [0.3, 0.4) is 0 Å². The van der Waals surface area contributed by atoms with E-state index < -0.39 is 33.6 Å². The lowest BCUT2D eigenvalue weighted by molar-refractivity contribution is -0.675. The largest absolute Gasteiger partial charge is 0.470 e. The van der Waals surface area contributed by atoms with Crippen LogP contribution in [0.15, 0.2) is 44.4 Å². The van der Waals surface area contributed by atoms with E-state index in [1.807, 2.05) is 0 Å². The second-order valence-corrected chi connectivity index (χ2v) is 10.5. The summed E-state index contributed by atoms with van der Waals surface area (Å²) in [7, 11) is -4.10. The number of rotatable bonds is 3. The number of anilines is 1. The Morgan fingerprint density at radius 2 is 2.09 bits per heavy atom. The average Bonchev–Trinajstić information content (AvgIpc) is 3.14. The minimum absolute atomic E-state index is 0.00116. The summed E-state index contributed by atoms with van der Waals surface area (Å²) in [6, 6.07) is 6.29. The van der Waals surface area contributed by atoms with Gasteiger partial charge in [0.2, 0.25) is 15.7 Å². The van der Waals surface area contributed by atoms with Gasteiger partial charge in [-0.3, -0.25) is 0 Å². The molecule has 2 aliphatic heterocycles. The molecule has 33 heavy (non-hydrogen) atoms. The molecule has 0 amide bonds. The van der Waals surface area contributed by atoms with Crippen molar-refractivity contribution in [2.45, 2.75) is 30.7 Å². The van der Waals surface area contributed by atoms with Crippen molar-refractivity contribution >= 4 is 27.3 Å². The molecule has 1 aromatic heterocycles. The van der Waals surface area contributed by atoms with Crippen molar-refractivity contribution in [1.29, 1.82) is 0 Å². The molecule has 0 saturated heterocycles. The van der Waals surface area contributed by atoms with Gasteiger partial charge in [0.25, 0.3) is 0 Å². The first-order chi connectivity index (χ1) is 15.6. The Morgan fingerprint density at radius 3 is 2.82 bits per heavy atom. The van der Waals surface area contributed by atoms with Gasteiger partial charge in [-0.05, 0) is 41.9 Å². The number of hydrogen-bond acceptors (Lipinski definition) is 6. The number of fused-ring (bicyclic) bond motifs is 4. The lowest BCUT2D eigenvalue weighted by Gasteiger charge is -2.41. The van der Waals surface area contributed by atoms with E-state index in [0.717, 1.165) is 0 Å². The normalized spacial score (nSPS) is 21.4. The van der Waals surface area contributed by atoms with Gasteiger partial charge < -0.3 is 14.4 Å². The molecule has 0 aliphatic carbocycles. The summed E-state index contributed by atoms with van der Waals surface area (Å²) in [5.41, 5.74) is 1.76. The fraction of sp³-hybridized carbons (Fsp3) is 0.333. The Kier molecular flexibility index (Phi) is 5.12. The van der Waals surface area contributed by atoms with Gasteiger partial charge in [-0.15, -0.1) is 0 Å². The van der Waals surface area contributed by atoms with Crippen molar-refractivity contribution in [3.8, 4) is 5.69 Å².